The lowest BCUT2D eigenvalue weighted by Crippen LogP contribution is -2.16. The van der Waals surface area contributed by atoms with Crippen molar-refractivity contribution in [3.05, 3.63) is 82.9 Å². The topological polar surface area (TPSA) is 0 Å². The molecule has 178 valence electrons. The van der Waals surface area contributed by atoms with Crippen LogP contribution in [0.25, 0.3) is 64.6 Å². The van der Waals surface area contributed by atoms with Gasteiger partial charge in [-0.05, 0) is 138 Å². The number of benzene rings is 5. The monoisotopic (exact) mass is 490 g/mol. The SMILES string of the molecule is Cc1cc2cc3c(cc2cc1C)c1cc2c4cc5cc(C(F)(F)F)c(C(F)(F)F)cc5cc4c2cc31. The maximum atomic E-state index is 13.4. The van der Waals surface area contributed by atoms with E-state index in [1.54, 1.807) is 12.1 Å². The molecule has 0 radical (unpaired) electrons. The molecule has 0 N–H and O–H groups in total. The summed E-state index contributed by atoms with van der Waals surface area (Å²) in [5.74, 6) is 0. The van der Waals surface area contributed by atoms with Crippen LogP contribution in [0.4, 0.5) is 26.3 Å². The van der Waals surface area contributed by atoms with E-state index in [-0.39, 0.29) is 10.8 Å². The molecule has 0 unspecified atom stereocenters. The van der Waals surface area contributed by atoms with Gasteiger partial charge in [-0.2, -0.15) is 26.3 Å². The van der Waals surface area contributed by atoms with Crippen molar-refractivity contribution in [1.82, 2.24) is 0 Å². The van der Waals surface area contributed by atoms with Gasteiger partial charge >= 0.3 is 12.4 Å². The number of halogens is 6. The molecule has 0 aliphatic carbocycles. The summed E-state index contributed by atoms with van der Waals surface area (Å²) in [5, 5.41) is 10.3. The summed E-state index contributed by atoms with van der Waals surface area (Å²) in [7, 11) is 0. The molecule has 0 aliphatic heterocycles. The van der Waals surface area contributed by atoms with Crippen molar-refractivity contribution < 1.29 is 26.3 Å². The highest BCUT2D eigenvalue weighted by Crippen LogP contribution is 2.47. The highest BCUT2D eigenvalue weighted by Gasteiger charge is 2.43. The van der Waals surface area contributed by atoms with E-state index in [4.69, 9.17) is 0 Å². The first-order chi connectivity index (χ1) is 16.9. The third-order valence-electron chi connectivity index (χ3n) is 7.63. The highest BCUT2D eigenvalue weighted by molar-refractivity contribution is 6.36. The zero-order valence-corrected chi connectivity index (χ0v) is 19.0. The van der Waals surface area contributed by atoms with Crippen LogP contribution in [0.3, 0.4) is 0 Å². The third kappa shape index (κ3) is 2.78. The minimum absolute atomic E-state index is 0.139. The van der Waals surface area contributed by atoms with Gasteiger partial charge in [0.15, 0.2) is 0 Å². The summed E-state index contributed by atoms with van der Waals surface area (Å²) >= 11 is 0. The van der Waals surface area contributed by atoms with E-state index in [1.807, 2.05) is 12.1 Å². The van der Waals surface area contributed by atoms with Crippen LogP contribution in [0, 0.1) is 13.8 Å². The van der Waals surface area contributed by atoms with Crippen molar-refractivity contribution in [2.45, 2.75) is 26.2 Å². The predicted molar refractivity (Wildman–Crippen MR) is 133 cm³/mol. The molecule has 0 bridgehead atoms. The molecule has 0 heterocycles. The number of aryl methyl sites for hydroxylation is 2. The molecule has 0 saturated carbocycles. The van der Waals surface area contributed by atoms with Crippen molar-refractivity contribution in [2.24, 2.45) is 0 Å². The molecule has 6 heteroatoms. The molecule has 0 spiro atoms. The molecular formula is C30H16F6. The van der Waals surface area contributed by atoms with Crippen molar-refractivity contribution >= 4 is 64.6 Å². The Morgan fingerprint density at radius 3 is 0.889 bits per heavy atom. The Kier molecular flexibility index (Phi) is 3.87. The number of hydrogen-bond acceptors (Lipinski definition) is 0. The molecule has 36 heavy (non-hydrogen) atoms. The van der Waals surface area contributed by atoms with E-state index in [1.165, 1.54) is 11.1 Å². The Bertz CT molecular complexity index is 1880. The van der Waals surface area contributed by atoms with Gasteiger partial charge in [0.25, 0.3) is 0 Å². The van der Waals surface area contributed by atoms with Crippen LogP contribution in [0.2, 0.25) is 0 Å². The Morgan fingerprint density at radius 1 is 0.361 bits per heavy atom. The Balaban J connectivity index is 1.49. The Labute approximate surface area is 200 Å². The van der Waals surface area contributed by atoms with Crippen LogP contribution in [-0.4, -0.2) is 0 Å². The van der Waals surface area contributed by atoms with Crippen LogP contribution >= 0.6 is 0 Å². The van der Waals surface area contributed by atoms with Gasteiger partial charge in [-0.1, -0.05) is 12.1 Å². The van der Waals surface area contributed by atoms with Crippen LogP contribution in [-0.2, 0) is 12.4 Å². The van der Waals surface area contributed by atoms with Gasteiger partial charge in [0.1, 0.15) is 0 Å². The molecular weight excluding hydrogens is 474 g/mol. The molecule has 0 atom stereocenters. The standard InChI is InChI=1S/C30H16F6/c1-13-3-15-5-19-20(6-16(15)4-14(13)2)24-12-26-22-8-18-10-28(30(34,35)36)27(29(31,32)33)9-17(18)7-21(22)25(26)11-23(19)24/h3-12H,1-2H3. The smallest absolute Gasteiger partial charge is 0.166 e. The fraction of sp³-hybridized carbons (Fsp3) is 0.133. The lowest BCUT2D eigenvalue weighted by Gasteiger charge is -2.20. The van der Waals surface area contributed by atoms with Crippen molar-refractivity contribution in [1.29, 1.82) is 0 Å². The van der Waals surface area contributed by atoms with Crippen molar-refractivity contribution in [3.63, 3.8) is 0 Å². The van der Waals surface area contributed by atoms with E-state index in [0.29, 0.717) is 12.1 Å². The van der Waals surface area contributed by atoms with E-state index in [2.05, 4.69) is 38.1 Å². The zero-order chi connectivity index (χ0) is 25.3. The number of rotatable bonds is 0. The van der Waals surface area contributed by atoms with E-state index < -0.39 is 23.5 Å². The van der Waals surface area contributed by atoms with E-state index in [0.717, 1.165) is 53.9 Å². The second-order valence-corrected chi connectivity index (χ2v) is 9.76. The second kappa shape index (κ2) is 6.49. The number of hydrogen-bond donors (Lipinski definition) is 0. The fourth-order valence-electron chi connectivity index (χ4n) is 5.65. The van der Waals surface area contributed by atoms with Gasteiger partial charge in [0.05, 0.1) is 11.1 Å². The third-order valence-corrected chi connectivity index (χ3v) is 7.63. The summed E-state index contributed by atoms with van der Waals surface area (Å²) in [6.07, 6.45) is -10.2. The summed E-state index contributed by atoms with van der Waals surface area (Å²) in [5.41, 5.74) is -0.894. The minimum Gasteiger partial charge on any atom is -0.166 e. The second-order valence-electron chi connectivity index (χ2n) is 9.76. The molecule has 7 aromatic rings. The van der Waals surface area contributed by atoms with Gasteiger partial charge in [-0.25, -0.2) is 0 Å². The first kappa shape index (κ1) is 21.5. The molecule has 0 aromatic heterocycles. The summed E-state index contributed by atoms with van der Waals surface area (Å²) in [4.78, 5) is 0. The average Bonchev–Trinajstić information content (AvgIpc) is 2.79. The summed E-state index contributed by atoms with van der Waals surface area (Å²) in [6.45, 7) is 4.15. The summed E-state index contributed by atoms with van der Waals surface area (Å²) < 4.78 is 80.7. The zero-order valence-electron chi connectivity index (χ0n) is 19.0. The molecule has 0 nitrogen and oxygen atoms in total. The quantitative estimate of drug-likeness (QED) is 0.186. The highest BCUT2D eigenvalue weighted by atomic mass is 19.4. The molecule has 0 saturated heterocycles. The normalized spacial score (nSPS) is 13.6. The molecule has 7 rings (SSSR count). The van der Waals surface area contributed by atoms with Gasteiger partial charge in [-0.3, -0.25) is 0 Å². The first-order valence-corrected chi connectivity index (χ1v) is 11.4. The largest absolute Gasteiger partial charge is 0.417 e. The van der Waals surface area contributed by atoms with E-state index in [9.17, 15) is 26.3 Å². The van der Waals surface area contributed by atoms with E-state index >= 15 is 0 Å². The van der Waals surface area contributed by atoms with Crippen LogP contribution in [0.1, 0.15) is 22.3 Å². The Hall–Kier alpha value is -3.80. The molecule has 7 aromatic carbocycles. The summed E-state index contributed by atoms with van der Waals surface area (Å²) in [6, 6.07) is 17.1. The molecule has 0 fully saturated rings. The van der Waals surface area contributed by atoms with Crippen LogP contribution in [0.15, 0.2) is 60.7 Å². The lowest BCUT2D eigenvalue weighted by atomic mass is 9.84. The van der Waals surface area contributed by atoms with Crippen LogP contribution < -0.4 is 0 Å². The van der Waals surface area contributed by atoms with Crippen LogP contribution in [0.5, 0.6) is 0 Å². The minimum atomic E-state index is -5.10. The van der Waals surface area contributed by atoms with Gasteiger partial charge < -0.3 is 0 Å². The molecule has 0 aliphatic rings. The first-order valence-electron chi connectivity index (χ1n) is 11.4. The number of alkyl halides is 6. The predicted octanol–water partition coefficient (Wildman–Crippen LogP) is 10.1. The Morgan fingerprint density at radius 2 is 0.611 bits per heavy atom. The maximum Gasteiger partial charge on any atom is 0.417 e. The number of fused-ring (bicyclic) bond motifs is 10. The van der Waals surface area contributed by atoms with Gasteiger partial charge in [0, 0.05) is 0 Å². The average molecular weight is 490 g/mol. The fourth-order valence-corrected chi connectivity index (χ4v) is 5.65. The van der Waals surface area contributed by atoms with Gasteiger partial charge in [0.2, 0.25) is 0 Å². The maximum absolute atomic E-state index is 13.4. The molecule has 0 amide bonds. The van der Waals surface area contributed by atoms with Crippen molar-refractivity contribution in [3.8, 4) is 0 Å². The lowest BCUT2D eigenvalue weighted by molar-refractivity contribution is -0.161. The van der Waals surface area contributed by atoms with Crippen molar-refractivity contribution in [2.75, 3.05) is 0 Å². The van der Waals surface area contributed by atoms with Gasteiger partial charge in [-0.15, -0.1) is 0 Å².